The van der Waals surface area contributed by atoms with Gasteiger partial charge in [-0.25, -0.2) is 16.8 Å². The molecule has 0 aliphatic rings. The monoisotopic (exact) mass is 384 g/mol. The summed E-state index contributed by atoms with van der Waals surface area (Å²) in [4.78, 5) is 0. The third kappa shape index (κ3) is 8.72. The summed E-state index contributed by atoms with van der Waals surface area (Å²) in [6, 6.07) is 0. The highest BCUT2D eigenvalue weighted by atomic mass is 32.3. The molecule has 0 bridgehead atoms. The summed E-state index contributed by atoms with van der Waals surface area (Å²) in [6.45, 7) is 1.11. The van der Waals surface area contributed by atoms with Crippen LogP contribution in [-0.4, -0.2) is 71.7 Å². The molecule has 0 aliphatic heterocycles. The van der Waals surface area contributed by atoms with Crippen LogP contribution in [0.5, 0.6) is 0 Å². The third-order valence-corrected chi connectivity index (χ3v) is 4.29. The molecule has 0 saturated carbocycles. The van der Waals surface area contributed by atoms with Crippen LogP contribution in [0, 0.1) is 0 Å². The van der Waals surface area contributed by atoms with Crippen molar-refractivity contribution in [1.29, 1.82) is 0 Å². The molecule has 0 aliphatic carbocycles. The van der Waals surface area contributed by atoms with Gasteiger partial charge in [0.15, 0.2) is 20.0 Å². The van der Waals surface area contributed by atoms with Crippen molar-refractivity contribution in [2.24, 2.45) is 0 Å². The van der Waals surface area contributed by atoms with E-state index in [9.17, 15) is 43.2 Å². The van der Waals surface area contributed by atoms with Gasteiger partial charge in [0.25, 0.3) is 0 Å². The summed E-state index contributed by atoms with van der Waals surface area (Å²) >= 11 is 0. The summed E-state index contributed by atoms with van der Waals surface area (Å²) in [5.74, 6) is 0. The number of hydrogen-bond donors (Lipinski definition) is 1. The van der Waals surface area contributed by atoms with Crippen LogP contribution in [0.3, 0.4) is 0 Å². The number of quaternary nitrogens is 1. The zero-order valence-corrected chi connectivity index (χ0v) is 13.1. The van der Waals surface area contributed by atoms with Gasteiger partial charge in [-0.05, 0) is 0 Å². The second kappa shape index (κ2) is 7.29. The topological polar surface area (TPSA) is 103 Å². The van der Waals surface area contributed by atoms with Gasteiger partial charge in [0.2, 0.25) is 0 Å². The summed E-state index contributed by atoms with van der Waals surface area (Å²) in [5, 5.41) is 8.39. The molecule has 0 heterocycles. The fourth-order valence-corrected chi connectivity index (χ4v) is 2.22. The first-order chi connectivity index (χ1) is 9.27. The molecule has 0 rings (SSSR count). The minimum Gasteiger partial charge on any atom is -0.421 e. The number of aliphatic hydroxyl groups is 1. The minimum atomic E-state index is -6.72. The Balaban J connectivity index is 0. The van der Waals surface area contributed by atoms with Crippen LogP contribution in [0.1, 0.15) is 0 Å². The SMILES string of the molecule is C[N+](C)(C)CCO.O=S(=O)([N-]S(=O)(=O)C(F)(F)F)C(F)(F)F. The van der Waals surface area contributed by atoms with E-state index in [1.807, 2.05) is 0 Å². The zero-order valence-electron chi connectivity index (χ0n) is 11.5. The Bertz CT molecular complexity index is 503. The molecule has 0 unspecified atom stereocenters. The average molecular weight is 384 g/mol. The number of rotatable bonds is 4. The molecule has 0 radical (unpaired) electrons. The summed E-state index contributed by atoms with van der Waals surface area (Å²) < 4.78 is 110. The van der Waals surface area contributed by atoms with E-state index in [1.165, 1.54) is 0 Å². The van der Waals surface area contributed by atoms with Gasteiger partial charge in [0, 0.05) is 0 Å². The van der Waals surface area contributed by atoms with E-state index in [0.717, 1.165) is 15.2 Å². The van der Waals surface area contributed by atoms with Gasteiger partial charge in [0.05, 0.1) is 27.7 Å². The highest BCUT2D eigenvalue weighted by molar-refractivity contribution is 8.13. The zero-order chi connectivity index (χ0) is 18.6. The van der Waals surface area contributed by atoms with Crippen LogP contribution in [0.4, 0.5) is 26.3 Å². The lowest BCUT2D eigenvalue weighted by molar-refractivity contribution is -0.870. The van der Waals surface area contributed by atoms with Crippen molar-refractivity contribution in [3.63, 3.8) is 0 Å². The van der Waals surface area contributed by atoms with E-state index in [1.54, 1.807) is 0 Å². The Morgan fingerprint density at radius 1 is 0.864 bits per heavy atom. The van der Waals surface area contributed by atoms with Crippen molar-refractivity contribution in [1.82, 2.24) is 0 Å². The molecular formula is C7H14F6N2O5S2. The Hall–Kier alpha value is -0.640. The fraction of sp³-hybridized carbons (Fsp3) is 1.00. The van der Waals surface area contributed by atoms with Gasteiger partial charge < -0.3 is 13.7 Å². The van der Waals surface area contributed by atoms with Crippen LogP contribution in [-0.2, 0) is 20.0 Å². The van der Waals surface area contributed by atoms with E-state index < -0.39 is 31.1 Å². The molecule has 0 spiro atoms. The number of alkyl halides is 6. The molecule has 0 amide bonds. The van der Waals surface area contributed by atoms with Crippen LogP contribution in [0.25, 0.3) is 4.13 Å². The molecule has 0 aromatic rings. The maximum Gasteiger partial charge on any atom is 0.480 e. The number of hydrogen-bond acceptors (Lipinski definition) is 5. The van der Waals surface area contributed by atoms with Crippen LogP contribution >= 0.6 is 0 Å². The molecule has 0 aromatic heterocycles. The molecule has 1 N–H and O–H groups in total. The molecular weight excluding hydrogens is 370 g/mol. The predicted molar refractivity (Wildman–Crippen MR) is 63.3 cm³/mol. The van der Waals surface area contributed by atoms with E-state index in [0.29, 0.717) is 0 Å². The Morgan fingerprint density at radius 3 is 1.23 bits per heavy atom. The number of aliphatic hydroxyl groups excluding tert-OH is 1. The van der Waals surface area contributed by atoms with Crippen molar-refractivity contribution in [3.8, 4) is 0 Å². The Kier molecular flexibility index (Phi) is 7.83. The van der Waals surface area contributed by atoms with Gasteiger partial charge in [-0.15, -0.1) is 0 Å². The predicted octanol–water partition coefficient (Wildman–Crippen LogP) is 0.744. The molecule has 0 aromatic carbocycles. The summed E-state index contributed by atoms with van der Waals surface area (Å²) in [5.41, 5.74) is -12.4. The van der Waals surface area contributed by atoms with Crippen molar-refractivity contribution >= 4 is 20.0 Å². The Morgan fingerprint density at radius 2 is 1.14 bits per heavy atom. The fourth-order valence-electron chi connectivity index (χ4n) is 0.514. The van der Waals surface area contributed by atoms with Crippen molar-refractivity contribution in [2.45, 2.75) is 11.0 Å². The first-order valence-corrected chi connectivity index (χ1v) is 7.93. The largest absolute Gasteiger partial charge is 0.480 e. The van der Waals surface area contributed by atoms with Crippen molar-refractivity contribution < 1.29 is 52.8 Å². The molecule has 0 fully saturated rings. The number of nitrogens with zero attached hydrogens (tertiary/aromatic N) is 2. The quantitative estimate of drug-likeness (QED) is 0.569. The van der Waals surface area contributed by atoms with Crippen molar-refractivity contribution in [2.75, 3.05) is 34.3 Å². The average Bonchev–Trinajstić information content (AvgIpc) is 2.10. The van der Waals surface area contributed by atoms with E-state index in [-0.39, 0.29) is 6.61 Å². The third-order valence-electron chi connectivity index (χ3n) is 1.55. The molecule has 0 atom stereocenters. The standard InChI is InChI=1S/C5H14NO.C2F6NO4S2/c1-6(2,3)4-5-7;3-1(4,5)14(10,11)9-15(12,13)2(6,7)8/h7H,4-5H2,1-3H3;/q+1;-1. The lowest BCUT2D eigenvalue weighted by Gasteiger charge is -2.22. The maximum atomic E-state index is 11.4. The first kappa shape index (κ1) is 23.6. The molecule has 22 heavy (non-hydrogen) atoms. The van der Waals surface area contributed by atoms with Gasteiger partial charge in [-0.2, -0.15) is 26.3 Å². The highest BCUT2D eigenvalue weighted by Gasteiger charge is 2.46. The molecule has 0 saturated heterocycles. The number of likely N-dealkylation sites (N-methyl/N-ethyl adjacent to an activating group) is 1. The second-order valence-electron chi connectivity index (χ2n) is 4.65. The van der Waals surface area contributed by atoms with Gasteiger partial charge in [-0.3, -0.25) is 0 Å². The van der Waals surface area contributed by atoms with Crippen LogP contribution in [0.2, 0.25) is 0 Å². The summed E-state index contributed by atoms with van der Waals surface area (Å²) in [7, 11) is -7.29. The lowest BCUT2D eigenvalue weighted by Crippen LogP contribution is -2.36. The van der Waals surface area contributed by atoms with Crippen LogP contribution in [0.15, 0.2) is 0 Å². The molecule has 7 nitrogen and oxygen atoms in total. The number of sulfonamides is 2. The van der Waals surface area contributed by atoms with Crippen LogP contribution < -0.4 is 0 Å². The second-order valence-corrected chi connectivity index (χ2v) is 8.08. The first-order valence-electron chi connectivity index (χ1n) is 5.05. The van der Waals surface area contributed by atoms with E-state index in [4.69, 9.17) is 5.11 Å². The smallest absolute Gasteiger partial charge is 0.421 e. The lowest BCUT2D eigenvalue weighted by atomic mass is 10.5. The van der Waals surface area contributed by atoms with Gasteiger partial charge >= 0.3 is 11.0 Å². The molecule has 136 valence electrons. The van der Waals surface area contributed by atoms with Gasteiger partial charge in [0.1, 0.15) is 6.54 Å². The highest BCUT2D eigenvalue weighted by Crippen LogP contribution is 2.36. The Labute approximate surface area is 123 Å². The van der Waals surface area contributed by atoms with E-state index in [2.05, 4.69) is 21.1 Å². The number of halogens is 6. The molecule has 15 heteroatoms. The maximum absolute atomic E-state index is 11.4. The summed E-state index contributed by atoms with van der Waals surface area (Å²) in [6.07, 6.45) is 0. The van der Waals surface area contributed by atoms with Gasteiger partial charge in [-0.1, -0.05) is 0 Å². The minimum absolute atomic E-state index is 0.281. The van der Waals surface area contributed by atoms with E-state index >= 15 is 0 Å². The van der Waals surface area contributed by atoms with Crippen molar-refractivity contribution in [3.05, 3.63) is 4.13 Å². The normalized spacial score (nSPS) is 14.3.